The topological polar surface area (TPSA) is 102 Å². The summed E-state index contributed by atoms with van der Waals surface area (Å²) in [5.74, 6) is -0.260. The van der Waals surface area contributed by atoms with Crippen LogP contribution < -0.4 is 0 Å². The van der Waals surface area contributed by atoms with Gasteiger partial charge in [0.05, 0.1) is 12.3 Å². The van der Waals surface area contributed by atoms with E-state index in [0.717, 1.165) is 6.26 Å². The molecule has 2 heterocycles. The van der Waals surface area contributed by atoms with Crippen LogP contribution in [0.2, 0.25) is 0 Å². The van der Waals surface area contributed by atoms with Gasteiger partial charge >= 0.3 is 5.97 Å². The van der Waals surface area contributed by atoms with Crippen LogP contribution in [0, 0.1) is 6.92 Å². The Morgan fingerprint density at radius 2 is 2.15 bits per heavy atom. The van der Waals surface area contributed by atoms with Crippen LogP contribution in [-0.4, -0.2) is 41.3 Å². The molecule has 8 heteroatoms. The predicted molar refractivity (Wildman–Crippen MR) is 71.3 cm³/mol. The van der Waals surface area contributed by atoms with Crippen LogP contribution in [-0.2, 0) is 16.4 Å². The number of aromatic nitrogens is 2. The van der Waals surface area contributed by atoms with Crippen LogP contribution in [0.3, 0.4) is 0 Å². The molecule has 0 saturated heterocycles. The van der Waals surface area contributed by atoms with Crippen LogP contribution in [0.4, 0.5) is 0 Å². The fraction of sp³-hybridized carbons (Fsp3) is 0.333. The lowest BCUT2D eigenvalue weighted by Gasteiger charge is -1.98. The number of nitrogens with zero attached hydrogens (tertiary/aromatic N) is 2. The lowest BCUT2D eigenvalue weighted by molar-refractivity contribution is 0.0697. The first-order valence-electron chi connectivity index (χ1n) is 5.81. The quantitative estimate of drug-likeness (QED) is 0.889. The van der Waals surface area contributed by atoms with E-state index in [2.05, 4.69) is 5.10 Å². The smallest absolute Gasteiger partial charge is 0.339 e. The summed E-state index contributed by atoms with van der Waals surface area (Å²) in [4.78, 5) is 11.2. The molecule has 0 aliphatic heterocycles. The Kier molecular flexibility index (Phi) is 3.67. The predicted octanol–water partition coefficient (Wildman–Crippen LogP) is 1.19. The maximum absolute atomic E-state index is 11.2. The molecular formula is C12H14N2O5S. The highest BCUT2D eigenvalue weighted by Gasteiger charge is 2.19. The van der Waals surface area contributed by atoms with Gasteiger partial charge in [-0.1, -0.05) is 0 Å². The molecule has 2 rings (SSSR count). The monoisotopic (exact) mass is 298 g/mol. The lowest BCUT2D eigenvalue weighted by Crippen LogP contribution is -2.11. The van der Waals surface area contributed by atoms with Gasteiger partial charge in [-0.2, -0.15) is 5.10 Å². The molecule has 0 bridgehead atoms. The maximum Gasteiger partial charge on any atom is 0.339 e. The molecule has 0 fully saturated rings. The van der Waals surface area contributed by atoms with E-state index >= 15 is 0 Å². The van der Waals surface area contributed by atoms with E-state index in [-0.39, 0.29) is 23.6 Å². The van der Waals surface area contributed by atoms with E-state index in [1.165, 1.54) is 10.9 Å². The van der Waals surface area contributed by atoms with Gasteiger partial charge in [0.25, 0.3) is 0 Å². The summed E-state index contributed by atoms with van der Waals surface area (Å²) < 4.78 is 28.9. The van der Waals surface area contributed by atoms with Crippen LogP contribution in [0.15, 0.2) is 22.7 Å². The van der Waals surface area contributed by atoms with E-state index < -0.39 is 15.8 Å². The van der Waals surface area contributed by atoms with Gasteiger partial charge in [0.1, 0.15) is 26.9 Å². The molecular weight excluding hydrogens is 284 g/mol. The van der Waals surface area contributed by atoms with E-state index in [1.54, 1.807) is 19.1 Å². The van der Waals surface area contributed by atoms with Crippen molar-refractivity contribution in [1.82, 2.24) is 9.78 Å². The van der Waals surface area contributed by atoms with E-state index in [0.29, 0.717) is 11.5 Å². The van der Waals surface area contributed by atoms with Gasteiger partial charge in [-0.3, -0.25) is 4.68 Å². The SMILES string of the molecule is Cc1ccc(-c2nn(CCS(C)(=O)=O)cc2C(=O)O)o1. The fourth-order valence-corrected chi connectivity index (χ4v) is 2.21. The average Bonchev–Trinajstić information content (AvgIpc) is 2.91. The van der Waals surface area contributed by atoms with E-state index in [9.17, 15) is 13.2 Å². The number of hydrogen-bond acceptors (Lipinski definition) is 5. The zero-order valence-electron chi connectivity index (χ0n) is 11.0. The van der Waals surface area contributed by atoms with Gasteiger partial charge in [-0.15, -0.1) is 0 Å². The molecule has 7 nitrogen and oxygen atoms in total. The number of hydrogen-bond donors (Lipinski definition) is 1. The van der Waals surface area contributed by atoms with Crippen LogP contribution >= 0.6 is 0 Å². The summed E-state index contributed by atoms with van der Waals surface area (Å²) in [7, 11) is -3.14. The number of aryl methyl sites for hydroxylation is 2. The van der Waals surface area contributed by atoms with Crippen molar-refractivity contribution in [3.63, 3.8) is 0 Å². The molecule has 0 atom stereocenters. The highest BCUT2D eigenvalue weighted by atomic mass is 32.2. The molecule has 0 aliphatic carbocycles. The second-order valence-corrected chi connectivity index (χ2v) is 6.76. The van der Waals surface area contributed by atoms with Gasteiger partial charge in [0.2, 0.25) is 0 Å². The van der Waals surface area contributed by atoms with Crippen molar-refractivity contribution in [2.24, 2.45) is 0 Å². The molecule has 2 aromatic rings. The third-order valence-corrected chi connectivity index (χ3v) is 3.58. The largest absolute Gasteiger partial charge is 0.478 e. The van der Waals surface area contributed by atoms with Gasteiger partial charge in [-0.05, 0) is 19.1 Å². The molecule has 0 aromatic carbocycles. The molecule has 0 aliphatic rings. The molecule has 0 radical (unpaired) electrons. The zero-order valence-corrected chi connectivity index (χ0v) is 11.8. The first kappa shape index (κ1) is 14.3. The Morgan fingerprint density at radius 1 is 1.45 bits per heavy atom. The van der Waals surface area contributed by atoms with Crippen molar-refractivity contribution < 1.29 is 22.7 Å². The lowest BCUT2D eigenvalue weighted by atomic mass is 10.2. The van der Waals surface area contributed by atoms with Crippen molar-refractivity contribution in [2.45, 2.75) is 13.5 Å². The highest BCUT2D eigenvalue weighted by Crippen LogP contribution is 2.24. The van der Waals surface area contributed by atoms with Crippen molar-refractivity contribution in [3.05, 3.63) is 29.7 Å². The van der Waals surface area contributed by atoms with Crippen molar-refractivity contribution in [1.29, 1.82) is 0 Å². The van der Waals surface area contributed by atoms with Crippen molar-refractivity contribution >= 4 is 15.8 Å². The molecule has 1 N–H and O–H groups in total. The van der Waals surface area contributed by atoms with E-state index in [4.69, 9.17) is 9.52 Å². The average molecular weight is 298 g/mol. The van der Waals surface area contributed by atoms with Gasteiger partial charge in [-0.25, -0.2) is 13.2 Å². The summed E-state index contributed by atoms with van der Waals surface area (Å²) >= 11 is 0. The van der Waals surface area contributed by atoms with Crippen LogP contribution in [0.5, 0.6) is 0 Å². The Hall–Kier alpha value is -2.09. The van der Waals surface area contributed by atoms with Gasteiger partial charge in [0.15, 0.2) is 5.76 Å². The normalized spacial score (nSPS) is 11.7. The summed E-state index contributed by atoms with van der Waals surface area (Å²) in [5, 5.41) is 13.3. The Bertz CT molecular complexity index is 742. The molecule has 0 amide bonds. The first-order valence-corrected chi connectivity index (χ1v) is 7.87. The standard InChI is InChI=1S/C12H14N2O5S/c1-8-3-4-10(19-8)11-9(12(15)16)7-14(13-11)5-6-20(2,17)18/h3-4,7H,5-6H2,1-2H3,(H,15,16). The molecule has 0 spiro atoms. The number of carboxylic acid groups (broad SMARTS) is 1. The Labute approximate surface area is 115 Å². The highest BCUT2D eigenvalue weighted by molar-refractivity contribution is 7.90. The molecule has 0 unspecified atom stereocenters. The maximum atomic E-state index is 11.2. The van der Waals surface area contributed by atoms with Gasteiger partial charge in [0, 0.05) is 12.5 Å². The zero-order chi connectivity index (χ0) is 14.9. The summed E-state index contributed by atoms with van der Waals surface area (Å²) in [5.41, 5.74) is 0.173. The fourth-order valence-electron chi connectivity index (χ4n) is 1.70. The minimum absolute atomic E-state index is 0.0205. The second kappa shape index (κ2) is 5.12. The minimum Gasteiger partial charge on any atom is -0.478 e. The Balaban J connectivity index is 2.36. The number of rotatable bonds is 5. The number of sulfone groups is 1. The molecule has 108 valence electrons. The number of furan rings is 1. The third kappa shape index (κ3) is 3.27. The summed E-state index contributed by atoms with van der Waals surface area (Å²) in [6, 6.07) is 3.33. The number of carbonyl (C=O) groups is 1. The Morgan fingerprint density at radius 3 is 2.65 bits per heavy atom. The van der Waals surface area contributed by atoms with Crippen LogP contribution in [0.25, 0.3) is 11.5 Å². The third-order valence-electron chi connectivity index (χ3n) is 2.66. The summed E-state index contributed by atoms with van der Waals surface area (Å²) in [6.07, 6.45) is 2.42. The van der Waals surface area contributed by atoms with Crippen molar-refractivity contribution in [3.8, 4) is 11.5 Å². The van der Waals surface area contributed by atoms with E-state index in [1.807, 2.05) is 0 Å². The number of aromatic carboxylic acids is 1. The van der Waals surface area contributed by atoms with Gasteiger partial charge < -0.3 is 9.52 Å². The first-order chi connectivity index (χ1) is 9.26. The molecule has 20 heavy (non-hydrogen) atoms. The minimum atomic E-state index is -3.14. The number of carboxylic acids is 1. The van der Waals surface area contributed by atoms with Crippen LogP contribution in [0.1, 0.15) is 16.1 Å². The van der Waals surface area contributed by atoms with Crippen molar-refractivity contribution in [2.75, 3.05) is 12.0 Å². The second-order valence-electron chi connectivity index (χ2n) is 4.50. The molecule has 0 saturated carbocycles. The summed E-state index contributed by atoms with van der Waals surface area (Å²) in [6.45, 7) is 1.84. The molecule has 2 aromatic heterocycles.